The predicted molar refractivity (Wildman–Crippen MR) is 124 cm³/mol. The first kappa shape index (κ1) is 21.4. The average molecular weight is 431 g/mol. The summed E-state index contributed by atoms with van der Waals surface area (Å²) in [7, 11) is 1.62. The number of hydrogen-bond donors (Lipinski definition) is 2. The molecule has 0 unspecified atom stereocenters. The second-order valence-electron chi connectivity index (χ2n) is 7.74. The Bertz CT molecular complexity index is 1310. The van der Waals surface area contributed by atoms with E-state index in [2.05, 4.69) is 15.4 Å². The summed E-state index contributed by atoms with van der Waals surface area (Å²) in [4.78, 5) is 28.2. The number of carbonyl (C=O) groups excluding carboxylic acids is 1. The lowest BCUT2D eigenvalue weighted by Crippen LogP contribution is -2.24. The molecule has 7 nitrogen and oxygen atoms in total. The number of hydrogen-bond acceptors (Lipinski definition) is 4. The predicted octanol–water partition coefficient (Wildman–Crippen LogP) is 3.59. The van der Waals surface area contributed by atoms with Gasteiger partial charge in [-0.25, -0.2) is 4.68 Å². The SMILES string of the molecule is COc1ccc(CNC(=O)CCc2c(C)c3c(C)nn(-c4ccccc4)c3[nH]c2=O)cc1. The number of nitrogens with zero attached hydrogens (tertiary/aromatic N) is 2. The summed E-state index contributed by atoms with van der Waals surface area (Å²) in [6.07, 6.45) is 0.596. The first-order valence-corrected chi connectivity index (χ1v) is 10.5. The van der Waals surface area contributed by atoms with Gasteiger partial charge in [-0.3, -0.25) is 9.59 Å². The first-order valence-electron chi connectivity index (χ1n) is 10.5. The van der Waals surface area contributed by atoms with E-state index in [9.17, 15) is 9.59 Å². The lowest BCUT2D eigenvalue weighted by atomic mass is 10.0. The first-order chi connectivity index (χ1) is 15.5. The fourth-order valence-corrected chi connectivity index (χ4v) is 3.92. The number of methoxy groups -OCH3 is 1. The summed E-state index contributed by atoms with van der Waals surface area (Å²) < 4.78 is 6.90. The Balaban J connectivity index is 1.50. The van der Waals surface area contributed by atoms with Crippen LogP contribution < -0.4 is 15.6 Å². The highest BCUT2D eigenvalue weighted by Crippen LogP contribution is 2.24. The minimum absolute atomic E-state index is 0.101. The molecule has 2 N–H and O–H groups in total. The van der Waals surface area contributed by atoms with Crippen molar-refractivity contribution in [3.05, 3.63) is 87.3 Å². The van der Waals surface area contributed by atoms with Crippen LogP contribution in [0, 0.1) is 13.8 Å². The number of rotatable bonds is 7. The van der Waals surface area contributed by atoms with Crippen molar-refractivity contribution in [3.63, 3.8) is 0 Å². The van der Waals surface area contributed by atoms with Gasteiger partial charge in [0, 0.05) is 23.9 Å². The molecule has 7 heteroatoms. The molecule has 164 valence electrons. The Morgan fingerprint density at radius 1 is 1.09 bits per heavy atom. The van der Waals surface area contributed by atoms with E-state index in [1.54, 1.807) is 11.8 Å². The minimum Gasteiger partial charge on any atom is -0.497 e. The summed E-state index contributed by atoms with van der Waals surface area (Å²) >= 11 is 0. The van der Waals surface area contributed by atoms with Gasteiger partial charge < -0.3 is 15.0 Å². The molecule has 0 saturated heterocycles. The van der Waals surface area contributed by atoms with Gasteiger partial charge in [-0.15, -0.1) is 0 Å². The van der Waals surface area contributed by atoms with Crippen molar-refractivity contribution in [1.82, 2.24) is 20.1 Å². The number of amides is 1. The lowest BCUT2D eigenvalue weighted by Gasteiger charge is -2.09. The highest BCUT2D eigenvalue weighted by molar-refractivity contribution is 5.84. The standard InChI is InChI=1S/C25H26N4O3/c1-16-21(13-14-22(30)26-15-18-9-11-20(32-3)12-10-18)25(31)27-24-23(16)17(2)28-29(24)19-7-5-4-6-8-19/h4-12H,13-15H2,1-3H3,(H,26,30)(H,27,31). The summed E-state index contributed by atoms with van der Waals surface area (Å²) in [6, 6.07) is 17.2. The van der Waals surface area contributed by atoms with Crippen molar-refractivity contribution in [3.8, 4) is 11.4 Å². The van der Waals surface area contributed by atoms with Crippen molar-refractivity contribution >= 4 is 16.9 Å². The molecule has 0 aliphatic heterocycles. The van der Waals surface area contributed by atoms with Crippen LogP contribution in [0.4, 0.5) is 0 Å². The third-order valence-electron chi connectivity index (χ3n) is 5.65. The van der Waals surface area contributed by atoms with Gasteiger partial charge in [-0.2, -0.15) is 5.10 Å². The number of para-hydroxylation sites is 1. The summed E-state index contributed by atoms with van der Waals surface area (Å²) in [6.45, 7) is 4.28. The van der Waals surface area contributed by atoms with Crippen LogP contribution in [-0.4, -0.2) is 27.8 Å². The Kier molecular flexibility index (Phi) is 6.07. The van der Waals surface area contributed by atoms with Gasteiger partial charge in [0.2, 0.25) is 5.91 Å². The summed E-state index contributed by atoms with van der Waals surface area (Å²) in [5.41, 5.74) is 4.67. The molecule has 0 bridgehead atoms. The number of aryl methyl sites for hydroxylation is 2. The van der Waals surface area contributed by atoms with Crippen LogP contribution in [0.5, 0.6) is 5.75 Å². The molecular weight excluding hydrogens is 404 g/mol. The number of pyridine rings is 1. The quantitative estimate of drug-likeness (QED) is 0.469. The van der Waals surface area contributed by atoms with E-state index in [0.717, 1.165) is 33.6 Å². The maximum atomic E-state index is 12.9. The van der Waals surface area contributed by atoms with Crippen molar-refractivity contribution in [2.45, 2.75) is 33.2 Å². The van der Waals surface area contributed by atoms with Gasteiger partial charge >= 0.3 is 0 Å². The molecule has 2 aromatic heterocycles. The number of carbonyl (C=O) groups is 1. The van der Waals surface area contributed by atoms with E-state index in [4.69, 9.17) is 4.74 Å². The van der Waals surface area contributed by atoms with Crippen LogP contribution in [0.2, 0.25) is 0 Å². The molecule has 4 rings (SSSR count). The second-order valence-corrected chi connectivity index (χ2v) is 7.74. The zero-order chi connectivity index (χ0) is 22.7. The molecule has 0 spiro atoms. The van der Waals surface area contributed by atoms with E-state index >= 15 is 0 Å². The Morgan fingerprint density at radius 3 is 2.50 bits per heavy atom. The Labute approximate surface area is 186 Å². The fourth-order valence-electron chi connectivity index (χ4n) is 3.92. The monoisotopic (exact) mass is 430 g/mol. The summed E-state index contributed by atoms with van der Waals surface area (Å²) in [5.74, 6) is 0.674. The number of H-pyrrole nitrogens is 1. The number of benzene rings is 2. The van der Waals surface area contributed by atoms with Crippen LogP contribution in [0.3, 0.4) is 0 Å². The Morgan fingerprint density at radius 2 is 1.81 bits per heavy atom. The van der Waals surface area contributed by atoms with E-state index in [0.29, 0.717) is 24.2 Å². The van der Waals surface area contributed by atoms with Gasteiger partial charge in [-0.05, 0) is 55.7 Å². The van der Waals surface area contributed by atoms with Crippen LogP contribution in [0.15, 0.2) is 59.4 Å². The maximum Gasteiger partial charge on any atom is 0.253 e. The van der Waals surface area contributed by atoms with E-state index in [1.165, 1.54) is 0 Å². The molecule has 32 heavy (non-hydrogen) atoms. The van der Waals surface area contributed by atoms with Crippen molar-refractivity contribution < 1.29 is 9.53 Å². The normalized spacial score (nSPS) is 11.0. The maximum absolute atomic E-state index is 12.9. The van der Waals surface area contributed by atoms with Gasteiger partial charge in [-0.1, -0.05) is 30.3 Å². The summed E-state index contributed by atoms with van der Waals surface area (Å²) in [5, 5.41) is 8.46. The number of nitrogens with one attached hydrogen (secondary N) is 2. The molecule has 0 fully saturated rings. The minimum atomic E-state index is -0.185. The third-order valence-corrected chi connectivity index (χ3v) is 5.65. The van der Waals surface area contributed by atoms with Gasteiger partial charge in [0.1, 0.15) is 11.4 Å². The Hall–Kier alpha value is -3.87. The van der Waals surface area contributed by atoms with Crippen LogP contribution in [0.25, 0.3) is 16.7 Å². The highest BCUT2D eigenvalue weighted by Gasteiger charge is 2.17. The van der Waals surface area contributed by atoms with E-state index < -0.39 is 0 Å². The molecular formula is C25H26N4O3. The zero-order valence-corrected chi connectivity index (χ0v) is 18.4. The molecule has 1 amide bonds. The van der Waals surface area contributed by atoms with Crippen molar-refractivity contribution in [1.29, 1.82) is 0 Å². The average Bonchev–Trinajstić information content (AvgIpc) is 3.14. The zero-order valence-electron chi connectivity index (χ0n) is 18.4. The molecule has 0 aliphatic carbocycles. The largest absolute Gasteiger partial charge is 0.497 e. The number of aromatic amines is 1. The van der Waals surface area contributed by atoms with Gasteiger partial charge in [0.15, 0.2) is 0 Å². The lowest BCUT2D eigenvalue weighted by molar-refractivity contribution is -0.121. The fraction of sp³-hybridized carbons (Fsp3) is 0.240. The van der Waals surface area contributed by atoms with Crippen molar-refractivity contribution in [2.75, 3.05) is 7.11 Å². The molecule has 0 atom stereocenters. The van der Waals surface area contributed by atoms with Crippen LogP contribution in [0.1, 0.15) is 28.8 Å². The van der Waals surface area contributed by atoms with Gasteiger partial charge in [0.25, 0.3) is 5.56 Å². The van der Waals surface area contributed by atoms with Gasteiger partial charge in [0.05, 0.1) is 18.5 Å². The van der Waals surface area contributed by atoms with Crippen molar-refractivity contribution in [2.24, 2.45) is 0 Å². The highest BCUT2D eigenvalue weighted by atomic mass is 16.5. The number of aromatic nitrogens is 3. The molecule has 4 aromatic rings. The molecule has 2 aromatic carbocycles. The molecule has 0 saturated carbocycles. The molecule has 0 radical (unpaired) electrons. The molecule has 0 aliphatic rings. The third kappa shape index (κ3) is 4.27. The van der Waals surface area contributed by atoms with E-state index in [1.807, 2.05) is 68.4 Å². The smallest absolute Gasteiger partial charge is 0.253 e. The number of fused-ring (bicyclic) bond motifs is 1. The van der Waals surface area contributed by atoms with Crippen LogP contribution in [-0.2, 0) is 17.8 Å². The topological polar surface area (TPSA) is 89.0 Å². The molecule has 2 heterocycles. The number of ether oxygens (including phenoxy) is 1. The second kappa shape index (κ2) is 9.09. The van der Waals surface area contributed by atoms with Crippen LogP contribution >= 0.6 is 0 Å². The van der Waals surface area contributed by atoms with E-state index in [-0.39, 0.29) is 17.9 Å².